The predicted octanol–water partition coefficient (Wildman–Crippen LogP) is 4.50. The Kier molecular flexibility index (Phi) is 4.45. The number of aliphatic imine (C=N–C) groups is 1. The van der Waals surface area contributed by atoms with Gasteiger partial charge in [-0.3, -0.25) is 9.69 Å². The van der Waals surface area contributed by atoms with Gasteiger partial charge in [0.1, 0.15) is 23.1 Å². The molecule has 0 radical (unpaired) electrons. The molecule has 28 heavy (non-hydrogen) atoms. The normalized spacial score (nSPS) is 15.2. The molecule has 1 aliphatic heterocycles. The average molecular weight is 376 g/mol. The van der Waals surface area contributed by atoms with Crippen LogP contribution in [0.1, 0.15) is 11.1 Å². The molecule has 1 aliphatic rings. The summed E-state index contributed by atoms with van der Waals surface area (Å²) in [7, 11) is 0. The zero-order chi connectivity index (χ0) is 19.7. The molecule has 1 N–H and O–H groups in total. The van der Waals surface area contributed by atoms with Gasteiger partial charge >= 0.3 is 0 Å². The molecule has 0 atom stereocenters. The maximum absolute atomic E-state index is 14.4. The van der Waals surface area contributed by atoms with Crippen molar-refractivity contribution in [3.63, 3.8) is 0 Å². The number of amides is 1. The fourth-order valence-corrected chi connectivity index (χ4v) is 2.90. The van der Waals surface area contributed by atoms with Crippen molar-refractivity contribution in [2.24, 2.45) is 4.99 Å². The van der Waals surface area contributed by atoms with Gasteiger partial charge in [-0.25, -0.2) is 13.8 Å². The van der Waals surface area contributed by atoms with E-state index < -0.39 is 11.7 Å². The number of anilines is 1. The zero-order valence-corrected chi connectivity index (χ0v) is 14.5. The van der Waals surface area contributed by atoms with Crippen molar-refractivity contribution >= 4 is 23.5 Å². The minimum absolute atomic E-state index is 0.0434. The quantitative estimate of drug-likeness (QED) is 0.684. The molecule has 0 fully saturated rings. The standard InChI is InChI=1S/C22H14F2N2O2/c23-15-7-5-14(6-8-15)13-20-22(28)26(16-9-11-17(27)12-10-16)21(25-20)18-3-1-2-4-19(18)24/h1-13,27H/b20-13+. The molecule has 0 saturated heterocycles. The summed E-state index contributed by atoms with van der Waals surface area (Å²) in [5.74, 6) is -1.17. The van der Waals surface area contributed by atoms with Crippen molar-refractivity contribution in [2.75, 3.05) is 4.90 Å². The number of phenolic OH excluding ortho intramolecular Hbond substituents is 1. The van der Waals surface area contributed by atoms with Crippen LogP contribution in [0.15, 0.2) is 83.5 Å². The number of phenols is 1. The number of hydrogen-bond donors (Lipinski definition) is 1. The summed E-state index contributed by atoms with van der Waals surface area (Å²) in [6, 6.07) is 17.6. The highest BCUT2D eigenvalue weighted by atomic mass is 19.1. The Morgan fingerprint density at radius 3 is 2.25 bits per heavy atom. The summed E-state index contributed by atoms with van der Waals surface area (Å²) < 4.78 is 27.5. The van der Waals surface area contributed by atoms with Crippen LogP contribution in [-0.2, 0) is 4.79 Å². The third-order valence-corrected chi connectivity index (χ3v) is 4.26. The van der Waals surface area contributed by atoms with Crippen LogP contribution in [0.5, 0.6) is 5.75 Å². The van der Waals surface area contributed by atoms with Crippen LogP contribution >= 0.6 is 0 Å². The molecule has 0 aliphatic carbocycles. The summed E-state index contributed by atoms with van der Waals surface area (Å²) in [6.45, 7) is 0. The Balaban J connectivity index is 1.84. The van der Waals surface area contributed by atoms with Gasteiger partial charge in [0, 0.05) is 0 Å². The van der Waals surface area contributed by atoms with Crippen LogP contribution in [0.2, 0.25) is 0 Å². The van der Waals surface area contributed by atoms with Gasteiger partial charge in [0.2, 0.25) is 0 Å². The third-order valence-electron chi connectivity index (χ3n) is 4.26. The highest BCUT2D eigenvalue weighted by molar-refractivity contribution is 6.33. The summed E-state index contributed by atoms with van der Waals surface area (Å²) in [4.78, 5) is 18.7. The van der Waals surface area contributed by atoms with E-state index in [0.717, 1.165) is 0 Å². The Morgan fingerprint density at radius 2 is 1.57 bits per heavy atom. The van der Waals surface area contributed by atoms with Crippen molar-refractivity contribution < 1.29 is 18.7 Å². The number of rotatable bonds is 3. The van der Waals surface area contributed by atoms with E-state index in [0.29, 0.717) is 11.3 Å². The smallest absolute Gasteiger partial charge is 0.282 e. The van der Waals surface area contributed by atoms with E-state index in [2.05, 4.69) is 4.99 Å². The second-order valence-electron chi connectivity index (χ2n) is 6.15. The lowest BCUT2D eigenvalue weighted by Gasteiger charge is -2.18. The minimum Gasteiger partial charge on any atom is -0.508 e. The maximum atomic E-state index is 14.4. The molecule has 1 heterocycles. The number of benzene rings is 3. The second kappa shape index (κ2) is 7.08. The van der Waals surface area contributed by atoms with E-state index in [9.17, 15) is 18.7 Å². The molecule has 138 valence electrons. The Hall–Kier alpha value is -3.80. The van der Waals surface area contributed by atoms with Crippen molar-refractivity contribution in [1.29, 1.82) is 0 Å². The SMILES string of the molecule is O=C1/C(=C\c2ccc(F)cc2)N=C(c2ccccc2F)N1c1ccc(O)cc1. The van der Waals surface area contributed by atoms with Gasteiger partial charge in [0.25, 0.3) is 5.91 Å². The monoisotopic (exact) mass is 376 g/mol. The van der Waals surface area contributed by atoms with Crippen LogP contribution in [0.3, 0.4) is 0 Å². The molecule has 0 spiro atoms. The Bertz CT molecular complexity index is 1100. The average Bonchev–Trinajstić information content (AvgIpc) is 3.01. The molecule has 0 aromatic heterocycles. The highest BCUT2D eigenvalue weighted by Gasteiger charge is 2.33. The number of aromatic hydroxyl groups is 1. The largest absolute Gasteiger partial charge is 0.508 e. The molecule has 4 rings (SSSR count). The summed E-state index contributed by atoms with van der Waals surface area (Å²) in [5, 5.41) is 9.53. The Labute approximate surface area is 159 Å². The number of nitrogens with zero attached hydrogens (tertiary/aromatic N) is 2. The first-order valence-electron chi connectivity index (χ1n) is 8.47. The molecule has 6 heteroatoms. The topological polar surface area (TPSA) is 52.9 Å². The van der Waals surface area contributed by atoms with Crippen LogP contribution in [0.4, 0.5) is 14.5 Å². The van der Waals surface area contributed by atoms with E-state index in [1.807, 2.05) is 0 Å². The summed E-state index contributed by atoms with van der Waals surface area (Å²) >= 11 is 0. The van der Waals surface area contributed by atoms with Gasteiger partial charge in [-0.05, 0) is 60.2 Å². The van der Waals surface area contributed by atoms with Crippen molar-refractivity contribution in [3.8, 4) is 5.75 Å². The summed E-state index contributed by atoms with van der Waals surface area (Å²) in [5.41, 5.74) is 1.30. The number of halogens is 2. The van der Waals surface area contributed by atoms with Crippen LogP contribution in [-0.4, -0.2) is 16.8 Å². The summed E-state index contributed by atoms with van der Waals surface area (Å²) in [6.07, 6.45) is 1.52. The first-order valence-corrected chi connectivity index (χ1v) is 8.47. The van der Waals surface area contributed by atoms with Gasteiger partial charge in [0.05, 0.1) is 11.3 Å². The second-order valence-corrected chi connectivity index (χ2v) is 6.15. The molecular weight excluding hydrogens is 362 g/mol. The Morgan fingerprint density at radius 1 is 0.893 bits per heavy atom. The van der Waals surface area contributed by atoms with Crippen LogP contribution < -0.4 is 4.90 Å². The molecule has 0 bridgehead atoms. The molecule has 0 saturated carbocycles. The lowest BCUT2D eigenvalue weighted by molar-refractivity contribution is -0.113. The number of amidine groups is 1. The number of carbonyl (C=O) groups excluding carboxylic acids is 1. The van der Waals surface area contributed by atoms with E-state index in [-0.39, 0.29) is 28.7 Å². The van der Waals surface area contributed by atoms with Crippen molar-refractivity contribution in [1.82, 2.24) is 0 Å². The molecule has 3 aromatic rings. The fourth-order valence-electron chi connectivity index (χ4n) is 2.90. The van der Waals surface area contributed by atoms with E-state index in [1.54, 1.807) is 24.3 Å². The van der Waals surface area contributed by atoms with Crippen molar-refractivity contribution in [2.45, 2.75) is 0 Å². The van der Waals surface area contributed by atoms with Crippen molar-refractivity contribution in [3.05, 3.63) is 101 Å². The minimum atomic E-state index is -0.513. The first-order chi connectivity index (χ1) is 13.5. The molecule has 3 aromatic carbocycles. The highest BCUT2D eigenvalue weighted by Crippen LogP contribution is 2.29. The fraction of sp³-hybridized carbons (Fsp3) is 0. The first kappa shape index (κ1) is 17.6. The van der Waals surface area contributed by atoms with Gasteiger partial charge in [-0.15, -0.1) is 0 Å². The van der Waals surface area contributed by atoms with Crippen LogP contribution in [0, 0.1) is 11.6 Å². The van der Waals surface area contributed by atoms with E-state index in [4.69, 9.17) is 0 Å². The van der Waals surface area contributed by atoms with Gasteiger partial charge < -0.3 is 5.11 Å². The molecule has 1 amide bonds. The maximum Gasteiger partial charge on any atom is 0.282 e. The number of hydrogen-bond acceptors (Lipinski definition) is 3. The van der Waals surface area contributed by atoms with Gasteiger partial charge in [-0.2, -0.15) is 0 Å². The lowest BCUT2D eigenvalue weighted by atomic mass is 10.1. The van der Waals surface area contributed by atoms with Crippen LogP contribution in [0.25, 0.3) is 6.08 Å². The molecule has 0 unspecified atom stereocenters. The number of carbonyl (C=O) groups is 1. The molecular formula is C22H14F2N2O2. The molecule has 4 nitrogen and oxygen atoms in total. The predicted molar refractivity (Wildman–Crippen MR) is 103 cm³/mol. The third kappa shape index (κ3) is 3.27. The van der Waals surface area contributed by atoms with E-state index in [1.165, 1.54) is 59.5 Å². The lowest BCUT2D eigenvalue weighted by Crippen LogP contribution is -2.33. The van der Waals surface area contributed by atoms with Gasteiger partial charge in [-0.1, -0.05) is 24.3 Å². The zero-order valence-electron chi connectivity index (χ0n) is 14.5. The van der Waals surface area contributed by atoms with E-state index >= 15 is 0 Å². The van der Waals surface area contributed by atoms with Gasteiger partial charge in [0.15, 0.2) is 5.84 Å².